The van der Waals surface area contributed by atoms with Crippen LogP contribution in [0.3, 0.4) is 0 Å². The van der Waals surface area contributed by atoms with E-state index in [1.165, 1.54) is 5.56 Å². The lowest BCUT2D eigenvalue weighted by Crippen LogP contribution is -2.37. The van der Waals surface area contributed by atoms with Crippen LogP contribution in [0.15, 0.2) is 35.4 Å². The standard InChI is InChI=1S/C17H20N4OS/c1-4-14-5-7-15(8-6-14)16-20-21(9-10-23(16)22)17-18-12(2)11-13(3)19-17/h5-8,11H,4,9-10H2,1-3H3. The Kier molecular flexibility index (Phi) is 4.63. The van der Waals surface area contributed by atoms with E-state index >= 15 is 0 Å². The van der Waals surface area contributed by atoms with Gasteiger partial charge in [0.25, 0.3) is 5.04 Å². The van der Waals surface area contributed by atoms with E-state index in [0.717, 1.165) is 23.4 Å². The zero-order valence-corrected chi connectivity index (χ0v) is 14.4. The summed E-state index contributed by atoms with van der Waals surface area (Å²) in [5, 5.41) is 6.92. The summed E-state index contributed by atoms with van der Waals surface area (Å²) >= 11 is -1.09. The van der Waals surface area contributed by atoms with Crippen molar-refractivity contribution >= 4 is 22.2 Å². The minimum atomic E-state index is -1.09. The average molecular weight is 328 g/mol. The maximum Gasteiger partial charge on any atom is 0.268 e. The van der Waals surface area contributed by atoms with Crippen molar-refractivity contribution in [3.63, 3.8) is 0 Å². The third kappa shape index (κ3) is 3.54. The first-order valence-corrected chi connectivity index (χ1v) is 9.05. The fourth-order valence-corrected chi connectivity index (χ4v) is 3.63. The number of nitrogens with zero attached hydrogens (tertiary/aromatic N) is 4. The Labute approximate surface area is 139 Å². The summed E-state index contributed by atoms with van der Waals surface area (Å²) in [5.41, 5.74) is 3.96. The summed E-state index contributed by atoms with van der Waals surface area (Å²) in [5.74, 6) is 1.10. The van der Waals surface area contributed by atoms with Crippen molar-refractivity contribution in [3.8, 4) is 0 Å². The van der Waals surface area contributed by atoms with Crippen LogP contribution >= 0.6 is 0 Å². The van der Waals surface area contributed by atoms with Crippen LogP contribution in [0.1, 0.15) is 29.4 Å². The van der Waals surface area contributed by atoms with Crippen molar-refractivity contribution in [3.05, 3.63) is 52.8 Å². The van der Waals surface area contributed by atoms with Crippen LogP contribution < -0.4 is 5.01 Å². The van der Waals surface area contributed by atoms with Gasteiger partial charge in [0.2, 0.25) is 5.95 Å². The molecule has 1 unspecified atom stereocenters. The van der Waals surface area contributed by atoms with Crippen LogP contribution in [0.4, 0.5) is 5.95 Å². The van der Waals surface area contributed by atoms with Gasteiger partial charge >= 0.3 is 0 Å². The molecule has 0 aliphatic carbocycles. The molecular weight excluding hydrogens is 308 g/mol. The third-order valence-corrected chi connectivity index (χ3v) is 5.03. The summed E-state index contributed by atoms with van der Waals surface area (Å²) in [4.78, 5) is 8.89. The molecule has 0 N–H and O–H groups in total. The molecule has 0 saturated heterocycles. The highest BCUT2D eigenvalue weighted by molar-refractivity contribution is 8.07. The number of aromatic nitrogens is 2. The fourth-order valence-electron chi connectivity index (χ4n) is 2.51. The van der Waals surface area contributed by atoms with E-state index in [1.54, 1.807) is 5.01 Å². The smallest absolute Gasteiger partial charge is 0.268 e. The van der Waals surface area contributed by atoms with E-state index in [-0.39, 0.29) is 0 Å². The molecule has 2 aromatic rings. The van der Waals surface area contributed by atoms with Gasteiger partial charge < -0.3 is 4.55 Å². The molecule has 2 heterocycles. The molecule has 0 bridgehead atoms. The van der Waals surface area contributed by atoms with Gasteiger partial charge in [-0.25, -0.2) is 15.0 Å². The largest absolute Gasteiger partial charge is 0.610 e. The van der Waals surface area contributed by atoms with E-state index in [2.05, 4.69) is 34.1 Å². The first kappa shape index (κ1) is 16.0. The molecule has 120 valence electrons. The highest BCUT2D eigenvalue weighted by Gasteiger charge is 2.28. The van der Waals surface area contributed by atoms with Crippen LogP contribution in [-0.2, 0) is 17.6 Å². The zero-order chi connectivity index (χ0) is 16.4. The van der Waals surface area contributed by atoms with Crippen LogP contribution in [0.25, 0.3) is 0 Å². The Morgan fingerprint density at radius 3 is 2.39 bits per heavy atom. The quantitative estimate of drug-likeness (QED) is 0.812. The summed E-state index contributed by atoms with van der Waals surface area (Å²) in [6.45, 7) is 6.55. The average Bonchev–Trinajstić information content (AvgIpc) is 2.54. The van der Waals surface area contributed by atoms with E-state index < -0.39 is 11.2 Å². The second-order valence-corrected chi connectivity index (χ2v) is 7.07. The van der Waals surface area contributed by atoms with Gasteiger partial charge in [-0.1, -0.05) is 19.1 Å². The normalized spacial score (nSPS) is 18.0. The van der Waals surface area contributed by atoms with Gasteiger partial charge in [0, 0.05) is 22.6 Å². The van der Waals surface area contributed by atoms with Gasteiger partial charge in [0.1, 0.15) is 5.75 Å². The lowest BCUT2D eigenvalue weighted by atomic mass is 10.1. The molecule has 0 radical (unpaired) electrons. The topological polar surface area (TPSA) is 64.4 Å². The van der Waals surface area contributed by atoms with Gasteiger partial charge in [-0.2, -0.15) is 0 Å². The highest BCUT2D eigenvalue weighted by Crippen LogP contribution is 2.19. The maximum atomic E-state index is 12.4. The lowest BCUT2D eigenvalue weighted by molar-refractivity contribution is 0.601. The van der Waals surface area contributed by atoms with Gasteiger partial charge in [0.15, 0.2) is 0 Å². The number of benzene rings is 1. The van der Waals surface area contributed by atoms with Crippen LogP contribution in [0, 0.1) is 13.8 Å². The zero-order valence-electron chi connectivity index (χ0n) is 13.6. The Morgan fingerprint density at radius 2 is 1.78 bits per heavy atom. The Hall–Kier alpha value is -1.92. The molecule has 1 aromatic heterocycles. The predicted octanol–water partition coefficient (Wildman–Crippen LogP) is 2.59. The highest BCUT2D eigenvalue weighted by atomic mass is 32.2. The first-order valence-electron chi connectivity index (χ1n) is 7.73. The fraction of sp³-hybridized carbons (Fsp3) is 0.353. The molecule has 0 spiro atoms. The van der Waals surface area contributed by atoms with Crippen molar-refractivity contribution in [1.29, 1.82) is 0 Å². The second-order valence-electron chi connectivity index (χ2n) is 5.58. The molecule has 3 rings (SSSR count). The van der Waals surface area contributed by atoms with E-state index in [9.17, 15) is 4.55 Å². The van der Waals surface area contributed by atoms with E-state index in [4.69, 9.17) is 0 Å². The van der Waals surface area contributed by atoms with Gasteiger partial charge in [-0.05, 0) is 44.0 Å². The number of hydrogen-bond acceptors (Lipinski definition) is 5. The molecule has 0 saturated carbocycles. The summed E-state index contributed by atoms with van der Waals surface area (Å²) in [6, 6.07) is 10.0. The van der Waals surface area contributed by atoms with Crippen molar-refractivity contribution in [2.75, 3.05) is 17.3 Å². The molecule has 0 fully saturated rings. The van der Waals surface area contributed by atoms with Crippen molar-refractivity contribution in [1.82, 2.24) is 9.97 Å². The Balaban J connectivity index is 1.95. The summed E-state index contributed by atoms with van der Waals surface area (Å²) < 4.78 is 12.4. The van der Waals surface area contributed by atoms with Gasteiger partial charge in [0.05, 0.1) is 12.1 Å². The molecule has 6 heteroatoms. The third-order valence-electron chi connectivity index (χ3n) is 3.73. The van der Waals surface area contributed by atoms with Crippen molar-refractivity contribution in [2.45, 2.75) is 27.2 Å². The summed E-state index contributed by atoms with van der Waals surface area (Å²) in [6.07, 6.45) is 0.985. The molecule has 1 atom stereocenters. The van der Waals surface area contributed by atoms with Gasteiger partial charge in [-0.3, -0.25) is 0 Å². The molecular formula is C17H20N4OS. The van der Waals surface area contributed by atoms with Gasteiger partial charge in [-0.15, -0.1) is 5.10 Å². The Morgan fingerprint density at radius 1 is 1.13 bits per heavy atom. The van der Waals surface area contributed by atoms with Crippen LogP contribution in [0.2, 0.25) is 0 Å². The molecule has 1 aliphatic rings. The molecule has 0 amide bonds. The molecule has 23 heavy (non-hydrogen) atoms. The second kappa shape index (κ2) is 6.68. The number of hydrogen-bond donors (Lipinski definition) is 0. The molecule has 1 aromatic carbocycles. The van der Waals surface area contributed by atoms with Crippen molar-refractivity contribution < 1.29 is 4.55 Å². The first-order chi connectivity index (χ1) is 11.1. The van der Waals surface area contributed by atoms with E-state index in [0.29, 0.717) is 23.3 Å². The lowest BCUT2D eigenvalue weighted by Gasteiger charge is -2.25. The minimum Gasteiger partial charge on any atom is -0.610 e. The monoisotopic (exact) mass is 328 g/mol. The maximum absolute atomic E-state index is 12.4. The van der Waals surface area contributed by atoms with Crippen LogP contribution in [-0.4, -0.2) is 31.9 Å². The minimum absolute atomic E-state index is 0.532. The van der Waals surface area contributed by atoms with E-state index in [1.807, 2.05) is 32.0 Å². The molecule has 5 nitrogen and oxygen atoms in total. The number of anilines is 1. The molecule has 1 aliphatic heterocycles. The number of aryl methyl sites for hydroxylation is 3. The van der Waals surface area contributed by atoms with Crippen LogP contribution in [0.5, 0.6) is 0 Å². The number of rotatable bonds is 3. The predicted molar refractivity (Wildman–Crippen MR) is 94.2 cm³/mol. The van der Waals surface area contributed by atoms with Crippen molar-refractivity contribution in [2.24, 2.45) is 5.10 Å². The number of hydrazone groups is 1. The summed E-state index contributed by atoms with van der Waals surface area (Å²) in [7, 11) is 0. The Bertz CT molecular complexity index is 710. The SMILES string of the molecule is CCc1ccc(C2=NN(c3nc(C)cc(C)n3)CC[S+]2[O-])cc1.